The molecule has 1 N–H and O–H groups in total. The average Bonchev–Trinajstić information content (AvgIpc) is 2.42. The maximum atomic E-state index is 13.3. The molecule has 0 spiro atoms. The standard InChI is InChI=1S/C15H15BrFNO/c1-10(12-5-3-4-6-15(12)19-2)18-14-9-11(17)7-8-13(14)16/h3-10,18H,1-2H3. The Bertz CT molecular complexity index is 574. The third-order valence-electron chi connectivity index (χ3n) is 2.91. The van der Waals surface area contributed by atoms with Gasteiger partial charge in [-0.1, -0.05) is 18.2 Å². The highest BCUT2D eigenvalue weighted by Crippen LogP contribution is 2.30. The molecule has 19 heavy (non-hydrogen) atoms. The van der Waals surface area contributed by atoms with Crippen LogP contribution in [0.1, 0.15) is 18.5 Å². The number of benzene rings is 2. The Kier molecular flexibility index (Phi) is 4.43. The van der Waals surface area contributed by atoms with Gasteiger partial charge in [0.2, 0.25) is 0 Å². The predicted molar refractivity (Wildman–Crippen MR) is 79.1 cm³/mol. The number of methoxy groups -OCH3 is 1. The Morgan fingerprint density at radius 3 is 2.68 bits per heavy atom. The van der Waals surface area contributed by atoms with Gasteiger partial charge in [0.1, 0.15) is 11.6 Å². The Hall–Kier alpha value is -1.55. The smallest absolute Gasteiger partial charge is 0.125 e. The molecule has 0 heterocycles. The molecule has 2 aromatic rings. The Morgan fingerprint density at radius 2 is 1.95 bits per heavy atom. The second-order valence-corrected chi connectivity index (χ2v) is 5.09. The Morgan fingerprint density at radius 1 is 1.21 bits per heavy atom. The van der Waals surface area contributed by atoms with Crippen molar-refractivity contribution in [3.05, 3.63) is 58.3 Å². The first-order valence-electron chi connectivity index (χ1n) is 5.96. The van der Waals surface area contributed by atoms with Crippen LogP contribution in [-0.2, 0) is 0 Å². The maximum absolute atomic E-state index is 13.3. The summed E-state index contributed by atoms with van der Waals surface area (Å²) in [4.78, 5) is 0. The molecule has 0 aliphatic carbocycles. The van der Waals surface area contributed by atoms with Crippen molar-refractivity contribution in [3.8, 4) is 5.75 Å². The molecule has 1 unspecified atom stereocenters. The monoisotopic (exact) mass is 323 g/mol. The van der Waals surface area contributed by atoms with Crippen LogP contribution in [0.2, 0.25) is 0 Å². The molecule has 0 fully saturated rings. The summed E-state index contributed by atoms with van der Waals surface area (Å²) in [7, 11) is 1.64. The predicted octanol–water partition coefficient (Wildman–Crippen LogP) is 4.77. The van der Waals surface area contributed by atoms with Gasteiger partial charge in [-0.2, -0.15) is 0 Å². The lowest BCUT2D eigenvalue weighted by Crippen LogP contribution is -2.08. The topological polar surface area (TPSA) is 21.3 Å². The zero-order chi connectivity index (χ0) is 13.8. The van der Waals surface area contributed by atoms with Crippen LogP contribution in [0, 0.1) is 5.82 Å². The lowest BCUT2D eigenvalue weighted by molar-refractivity contribution is 0.408. The lowest BCUT2D eigenvalue weighted by Gasteiger charge is -2.19. The number of anilines is 1. The third-order valence-corrected chi connectivity index (χ3v) is 3.60. The van der Waals surface area contributed by atoms with Crippen LogP contribution in [0.4, 0.5) is 10.1 Å². The first kappa shape index (κ1) is 13.9. The Balaban J connectivity index is 2.25. The summed E-state index contributed by atoms with van der Waals surface area (Å²) >= 11 is 3.41. The number of hydrogen-bond acceptors (Lipinski definition) is 2. The highest BCUT2D eigenvalue weighted by Gasteiger charge is 2.12. The van der Waals surface area contributed by atoms with Crippen molar-refractivity contribution < 1.29 is 9.13 Å². The molecule has 0 aromatic heterocycles. The van der Waals surface area contributed by atoms with Gasteiger partial charge in [0.05, 0.1) is 18.8 Å². The van der Waals surface area contributed by atoms with Crippen molar-refractivity contribution in [1.29, 1.82) is 0 Å². The molecular weight excluding hydrogens is 309 g/mol. The van der Waals surface area contributed by atoms with E-state index in [0.29, 0.717) is 0 Å². The molecule has 4 heteroatoms. The second kappa shape index (κ2) is 6.06. The van der Waals surface area contributed by atoms with Crippen LogP contribution in [0.3, 0.4) is 0 Å². The Labute approximate surface area is 120 Å². The van der Waals surface area contributed by atoms with E-state index in [1.54, 1.807) is 13.2 Å². The van der Waals surface area contributed by atoms with Crippen molar-refractivity contribution >= 4 is 21.6 Å². The third kappa shape index (κ3) is 3.26. The van der Waals surface area contributed by atoms with Gasteiger partial charge in [-0.3, -0.25) is 0 Å². The van der Waals surface area contributed by atoms with Crippen molar-refractivity contribution in [3.63, 3.8) is 0 Å². The van der Waals surface area contributed by atoms with Gasteiger partial charge < -0.3 is 10.1 Å². The van der Waals surface area contributed by atoms with Crippen molar-refractivity contribution in [1.82, 2.24) is 0 Å². The minimum atomic E-state index is -0.266. The van der Waals surface area contributed by atoms with Gasteiger partial charge in [-0.15, -0.1) is 0 Å². The van der Waals surface area contributed by atoms with E-state index in [1.807, 2.05) is 31.2 Å². The van der Waals surface area contributed by atoms with Crippen LogP contribution < -0.4 is 10.1 Å². The molecule has 0 aliphatic heterocycles. The largest absolute Gasteiger partial charge is 0.496 e. The summed E-state index contributed by atoms with van der Waals surface area (Å²) in [5.74, 6) is 0.549. The van der Waals surface area contributed by atoms with E-state index in [1.165, 1.54) is 12.1 Å². The van der Waals surface area contributed by atoms with E-state index >= 15 is 0 Å². The van der Waals surface area contributed by atoms with Crippen LogP contribution >= 0.6 is 15.9 Å². The number of para-hydroxylation sites is 1. The number of rotatable bonds is 4. The number of hydrogen-bond donors (Lipinski definition) is 1. The molecule has 0 radical (unpaired) electrons. The fourth-order valence-corrected chi connectivity index (χ4v) is 2.30. The molecule has 2 aromatic carbocycles. The molecule has 0 saturated heterocycles. The average molecular weight is 324 g/mol. The van der Waals surface area contributed by atoms with Crippen LogP contribution in [-0.4, -0.2) is 7.11 Å². The number of halogens is 2. The van der Waals surface area contributed by atoms with E-state index in [-0.39, 0.29) is 11.9 Å². The lowest BCUT2D eigenvalue weighted by atomic mass is 10.1. The van der Waals surface area contributed by atoms with E-state index in [2.05, 4.69) is 21.2 Å². The summed E-state index contributed by atoms with van der Waals surface area (Å²) in [6.45, 7) is 2.01. The van der Waals surface area contributed by atoms with Crippen molar-refractivity contribution in [2.45, 2.75) is 13.0 Å². The fourth-order valence-electron chi connectivity index (χ4n) is 1.94. The van der Waals surface area contributed by atoms with Gasteiger partial charge >= 0.3 is 0 Å². The SMILES string of the molecule is COc1ccccc1C(C)Nc1cc(F)ccc1Br. The highest BCUT2D eigenvalue weighted by atomic mass is 79.9. The molecule has 2 nitrogen and oxygen atoms in total. The van der Waals surface area contributed by atoms with Gasteiger partial charge in [-0.25, -0.2) is 4.39 Å². The first-order valence-corrected chi connectivity index (χ1v) is 6.75. The maximum Gasteiger partial charge on any atom is 0.125 e. The summed E-state index contributed by atoms with van der Waals surface area (Å²) in [6, 6.07) is 12.4. The van der Waals surface area contributed by atoms with E-state index in [9.17, 15) is 4.39 Å². The van der Waals surface area contributed by atoms with E-state index < -0.39 is 0 Å². The second-order valence-electron chi connectivity index (χ2n) is 4.23. The van der Waals surface area contributed by atoms with Gasteiger partial charge in [-0.05, 0) is 47.1 Å². The summed E-state index contributed by atoms with van der Waals surface area (Å²) in [6.07, 6.45) is 0. The summed E-state index contributed by atoms with van der Waals surface area (Å²) < 4.78 is 19.4. The summed E-state index contributed by atoms with van der Waals surface area (Å²) in [5, 5.41) is 3.28. The first-order chi connectivity index (χ1) is 9.11. The number of nitrogens with one attached hydrogen (secondary N) is 1. The highest BCUT2D eigenvalue weighted by molar-refractivity contribution is 9.10. The minimum absolute atomic E-state index is 0.00856. The van der Waals surface area contributed by atoms with Crippen molar-refractivity contribution in [2.75, 3.05) is 12.4 Å². The normalized spacial score (nSPS) is 12.0. The zero-order valence-electron chi connectivity index (χ0n) is 10.8. The van der Waals surface area contributed by atoms with Crippen LogP contribution in [0.5, 0.6) is 5.75 Å². The van der Waals surface area contributed by atoms with Crippen LogP contribution in [0.25, 0.3) is 0 Å². The van der Waals surface area contributed by atoms with E-state index in [4.69, 9.17) is 4.74 Å². The van der Waals surface area contributed by atoms with Gasteiger partial charge in [0.15, 0.2) is 0 Å². The molecule has 2 rings (SSSR count). The zero-order valence-corrected chi connectivity index (χ0v) is 12.4. The van der Waals surface area contributed by atoms with E-state index in [0.717, 1.165) is 21.5 Å². The fraction of sp³-hybridized carbons (Fsp3) is 0.200. The van der Waals surface area contributed by atoms with Gasteiger partial charge in [0.25, 0.3) is 0 Å². The minimum Gasteiger partial charge on any atom is -0.496 e. The molecule has 0 bridgehead atoms. The molecular formula is C15H15BrFNO. The molecule has 0 aliphatic rings. The molecule has 100 valence electrons. The molecule has 0 amide bonds. The molecule has 0 saturated carbocycles. The number of ether oxygens (including phenoxy) is 1. The molecule has 1 atom stereocenters. The van der Waals surface area contributed by atoms with Gasteiger partial charge in [0, 0.05) is 10.0 Å². The van der Waals surface area contributed by atoms with Crippen LogP contribution in [0.15, 0.2) is 46.9 Å². The quantitative estimate of drug-likeness (QED) is 0.875. The van der Waals surface area contributed by atoms with Crippen molar-refractivity contribution in [2.24, 2.45) is 0 Å². The summed E-state index contributed by atoms with van der Waals surface area (Å²) in [5.41, 5.74) is 1.75.